The maximum atomic E-state index is 13.8. The summed E-state index contributed by atoms with van der Waals surface area (Å²) in [6.45, 7) is 1.66. The zero-order valence-electron chi connectivity index (χ0n) is 19.0. The van der Waals surface area contributed by atoms with Crippen molar-refractivity contribution in [2.45, 2.75) is 87.1 Å². The smallest absolute Gasteiger partial charge is 0.241 e. The van der Waals surface area contributed by atoms with E-state index >= 15 is 0 Å². The van der Waals surface area contributed by atoms with Crippen LogP contribution in [-0.4, -0.2) is 31.3 Å². The van der Waals surface area contributed by atoms with E-state index in [1.807, 2.05) is 0 Å². The maximum Gasteiger partial charge on any atom is 0.241 e. The van der Waals surface area contributed by atoms with Gasteiger partial charge >= 0.3 is 0 Å². The topological polar surface area (TPSA) is 118 Å². The Balaban J connectivity index is 1.43. The summed E-state index contributed by atoms with van der Waals surface area (Å²) in [6.07, 6.45) is 7.36. The predicted molar refractivity (Wildman–Crippen MR) is 125 cm³/mol. The molecule has 2 unspecified atom stereocenters. The van der Waals surface area contributed by atoms with Crippen molar-refractivity contribution in [2.24, 2.45) is 23.0 Å². The van der Waals surface area contributed by atoms with Crippen molar-refractivity contribution >= 4 is 33.4 Å². The molecule has 2 amide bonds. The van der Waals surface area contributed by atoms with Crippen LogP contribution < -0.4 is 15.8 Å². The van der Waals surface area contributed by atoms with Crippen molar-refractivity contribution in [3.05, 3.63) is 28.8 Å². The molecule has 1 aromatic carbocycles. The van der Waals surface area contributed by atoms with Crippen LogP contribution in [0.2, 0.25) is 5.02 Å². The van der Waals surface area contributed by atoms with E-state index in [1.54, 1.807) is 19.1 Å². The first-order valence-electron chi connectivity index (χ1n) is 11.9. The summed E-state index contributed by atoms with van der Waals surface area (Å²) in [5.41, 5.74) is 4.09. The third-order valence-corrected chi connectivity index (χ3v) is 10.8. The number of hydrogen-bond donors (Lipinski definition) is 3. The Morgan fingerprint density at radius 3 is 2.33 bits per heavy atom. The fourth-order valence-corrected chi connectivity index (χ4v) is 9.53. The molecule has 4 N–H and O–H groups in total. The lowest BCUT2D eigenvalue weighted by molar-refractivity contribution is -0.151. The van der Waals surface area contributed by atoms with Gasteiger partial charge in [-0.15, -0.1) is 0 Å². The molecule has 1 aromatic rings. The molecule has 2 atom stereocenters. The number of nitrogens with two attached hydrogens (primary N) is 1. The van der Waals surface area contributed by atoms with Gasteiger partial charge in [-0.1, -0.05) is 30.5 Å². The maximum absolute atomic E-state index is 13.8. The summed E-state index contributed by atoms with van der Waals surface area (Å²) < 4.78 is 29.5. The molecule has 0 aromatic heterocycles. The lowest BCUT2D eigenvalue weighted by Gasteiger charge is -2.61. The van der Waals surface area contributed by atoms with Gasteiger partial charge in [0.05, 0.1) is 10.3 Å². The molecule has 7 nitrogen and oxygen atoms in total. The van der Waals surface area contributed by atoms with Gasteiger partial charge in [-0.2, -0.15) is 4.72 Å². The number of primary amides is 1. The lowest BCUT2D eigenvalue weighted by Crippen LogP contribution is -2.69. The van der Waals surface area contributed by atoms with E-state index in [2.05, 4.69) is 10.0 Å². The number of rotatable bonds is 6. The quantitative estimate of drug-likeness (QED) is 0.563. The van der Waals surface area contributed by atoms with Gasteiger partial charge in [-0.3, -0.25) is 9.59 Å². The Kier molecular flexibility index (Phi) is 5.38. The molecule has 5 aliphatic carbocycles. The van der Waals surface area contributed by atoms with Crippen LogP contribution in [0.3, 0.4) is 0 Å². The van der Waals surface area contributed by atoms with Crippen molar-refractivity contribution < 1.29 is 18.0 Å². The van der Waals surface area contributed by atoms with Crippen LogP contribution >= 0.6 is 11.6 Å². The van der Waals surface area contributed by atoms with Gasteiger partial charge in [-0.05, 0) is 87.8 Å². The molecule has 0 saturated heterocycles. The minimum atomic E-state index is -3.96. The van der Waals surface area contributed by atoms with Crippen molar-refractivity contribution in [1.82, 2.24) is 10.0 Å². The SMILES string of the molecule is Cc1c(Cl)cccc1S(=O)(=O)NC1(C(=O)NC23CC4CC(C2)CC(C(N)=O)(C4)C3)CCCC1. The van der Waals surface area contributed by atoms with Gasteiger partial charge in [0.15, 0.2) is 0 Å². The van der Waals surface area contributed by atoms with Gasteiger partial charge in [0, 0.05) is 10.6 Å². The van der Waals surface area contributed by atoms with Crippen molar-refractivity contribution in [3.8, 4) is 0 Å². The van der Waals surface area contributed by atoms with Gasteiger partial charge in [0.2, 0.25) is 21.8 Å². The third kappa shape index (κ3) is 3.78. The van der Waals surface area contributed by atoms with Gasteiger partial charge in [0.1, 0.15) is 5.54 Å². The molecule has 9 heteroatoms. The number of sulfonamides is 1. The van der Waals surface area contributed by atoms with Gasteiger partial charge < -0.3 is 11.1 Å². The minimum Gasteiger partial charge on any atom is -0.369 e. The summed E-state index contributed by atoms with van der Waals surface area (Å²) >= 11 is 6.17. The second-order valence-electron chi connectivity index (χ2n) is 11.1. The molecule has 180 valence electrons. The molecule has 33 heavy (non-hydrogen) atoms. The van der Waals surface area contributed by atoms with Gasteiger partial charge in [-0.25, -0.2) is 8.42 Å². The number of carbonyl (C=O) groups excluding carboxylic acids is 2. The minimum absolute atomic E-state index is 0.0940. The number of hydrogen-bond acceptors (Lipinski definition) is 4. The molecule has 5 fully saturated rings. The molecule has 0 spiro atoms. The molecular weight excluding hydrogens is 462 g/mol. The highest BCUT2D eigenvalue weighted by Crippen LogP contribution is 2.61. The standard InChI is InChI=1S/C24H32ClN3O4S/c1-15-18(25)5-4-6-19(15)33(31,32)28-24(7-2-3-8-24)21(30)27-23-12-16-9-17(13-23)11-22(10-16,14-23)20(26)29/h4-6,16-17,28H,2-3,7-14H2,1H3,(H2,26,29)(H,27,30). The van der Waals surface area contributed by atoms with Crippen molar-refractivity contribution in [2.75, 3.05) is 0 Å². The highest BCUT2D eigenvalue weighted by Gasteiger charge is 2.61. The summed E-state index contributed by atoms with van der Waals surface area (Å²) in [7, 11) is -3.96. The Labute approximate surface area is 200 Å². The first-order chi connectivity index (χ1) is 15.5. The van der Waals surface area contributed by atoms with Crippen LogP contribution in [0.4, 0.5) is 0 Å². The average molecular weight is 494 g/mol. The van der Waals surface area contributed by atoms with Crippen molar-refractivity contribution in [3.63, 3.8) is 0 Å². The molecule has 6 rings (SSSR count). The first-order valence-corrected chi connectivity index (χ1v) is 13.8. The number of carbonyl (C=O) groups is 2. The van der Waals surface area contributed by atoms with E-state index in [0.29, 0.717) is 41.7 Å². The lowest BCUT2D eigenvalue weighted by atomic mass is 9.46. The molecule has 5 saturated carbocycles. The summed E-state index contributed by atoms with van der Waals surface area (Å²) in [5.74, 6) is 0.224. The fraction of sp³-hybridized carbons (Fsp3) is 0.667. The summed E-state index contributed by atoms with van der Waals surface area (Å²) in [4.78, 5) is 26.3. The van der Waals surface area contributed by atoms with Gasteiger partial charge in [0.25, 0.3) is 0 Å². The zero-order valence-corrected chi connectivity index (χ0v) is 20.5. The largest absolute Gasteiger partial charge is 0.369 e. The highest BCUT2D eigenvalue weighted by atomic mass is 35.5. The molecule has 4 bridgehead atoms. The van der Waals surface area contributed by atoms with Crippen LogP contribution in [-0.2, 0) is 19.6 Å². The van der Waals surface area contributed by atoms with Crippen LogP contribution in [0.25, 0.3) is 0 Å². The molecule has 0 radical (unpaired) electrons. The van der Waals surface area contributed by atoms with E-state index in [1.165, 1.54) is 6.07 Å². The zero-order chi connectivity index (χ0) is 23.6. The molecule has 0 aliphatic heterocycles. The van der Waals surface area contributed by atoms with E-state index in [-0.39, 0.29) is 16.7 Å². The Bertz CT molecular complexity index is 1100. The number of halogens is 1. The number of amides is 2. The Morgan fingerprint density at radius 1 is 1.09 bits per heavy atom. The molecular formula is C24H32ClN3O4S. The average Bonchev–Trinajstić information content (AvgIpc) is 3.17. The van der Waals surface area contributed by atoms with Crippen LogP contribution in [0.1, 0.15) is 69.8 Å². The van der Waals surface area contributed by atoms with E-state index in [4.69, 9.17) is 17.3 Å². The predicted octanol–water partition coefficient (Wildman–Crippen LogP) is 3.18. The summed E-state index contributed by atoms with van der Waals surface area (Å²) in [5, 5.41) is 3.66. The van der Waals surface area contributed by atoms with Crippen LogP contribution in [0, 0.1) is 24.2 Å². The van der Waals surface area contributed by atoms with Crippen molar-refractivity contribution in [1.29, 1.82) is 0 Å². The Morgan fingerprint density at radius 2 is 1.73 bits per heavy atom. The highest BCUT2D eigenvalue weighted by molar-refractivity contribution is 7.89. The fourth-order valence-electron chi connectivity index (χ4n) is 7.60. The second-order valence-corrected chi connectivity index (χ2v) is 13.2. The molecule has 0 heterocycles. The normalized spacial score (nSPS) is 34.4. The summed E-state index contributed by atoms with van der Waals surface area (Å²) in [6, 6.07) is 4.76. The number of benzene rings is 1. The molecule has 5 aliphatic rings. The van der Waals surface area contributed by atoms with E-state index < -0.39 is 26.5 Å². The number of nitrogens with one attached hydrogen (secondary N) is 2. The van der Waals surface area contributed by atoms with Crippen LogP contribution in [0.15, 0.2) is 23.1 Å². The second kappa shape index (κ2) is 7.68. The third-order valence-electron chi connectivity index (χ3n) is 8.69. The van der Waals surface area contributed by atoms with E-state index in [0.717, 1.165) is 44.9 Å². The first kappa shape index (κ1) is 23.1. The van der Waals surface area contributed by atoms with Crippen LogP contribution in [0.5, 0.6) is 0 Å². The monoisotopic (exact) mass is 493 g/mol. The Hall–Kier alpha value is -1.64. The van der Waals surface area contributed by atoms with E-state index in [9.17, 15) is 18.0 Å².